The summed E-state index contributed by atoms with van der Waals surface area (Å²) in [6, 6.07) is 14.4. The van der Waals surface area contributed by atoms with Crippen LogP contribution >= 0.6 is 0 Å². The van der Waals surface area contributed by atoms with Gasteiger partial charge in [0.15, 0.2) is 5.82 Å². The van der Waals surface area contributed by atoms with E-state index in [9.17, 15) is 24.6 Å². The first-order valence-electron chi connectivity index (χ1n) is 27.0. The van der Waals surface area contributed by atoms with Gasteiger partial charge in [0, 0.05) is 66.8 Å². The van der Waals surface area contributed by atoms with Crippen LogP contribution in [0.1, 0.15) is 101 Å². The highest BCUT2D eigenvalue weighted by atomic mass is 19.1. The summed E-state index contributed by atoms with van der Waals surface area (Å²) in [5.74, 6) is 1.27. The Morgan fingerprint density at radius 2 is 1.70 bits per heavy atom. The number of hydrogen-bond acceptors (Lipinski definition) is 15. The van der Waals surface area contributed by atoms with E-state index in [-0.39, 0.29) is 100 Å². The first kappa shape index (κ1) is 56.2. The minimum atomic E-state index is -0.984. The van der Waals surface area contributed by atoms with Gasteiger partial charge in [-0.1, -0.05) is 39.3 Å². The minimum absolute atomic E-state index is 0.0148. The number of nitriles is 1. The smallest absolute Gasteiger partial charge is 0.319 e. The topological polar surface area (TPSA) is 209 Å². The van der Waals surface area contributed by atoms with E-state index < -0.39 is 23.8 Å². The maximum absolute atomic E-state index is 17.3. The number of carbonyl (C=O) groups excluding carboxylic acids is 2. The fraction of sp³-hybridized carbons (Fsp3) is 0.377. The van der Waals surface area contributed by atoms with Crippen LogP contribution in [0, 0.1) is 35.3 Å². The summed E-state index contributed by atoms with van der Waals surface area (Å²) < 4.78 is 51.7. The number of hydrogen-bond donors (Lipinski definition) is 2. The van der Waals surface area contributed by atoms with Crippen molar-refractivity contribution in [2.45, 2.75) is 105 Å². The zero-order chi connectivity index (χ0) is 57.2. The number of aryl methyl sites for hydroxylation is 1. The summed E-state index contributed by atoms with van der Waals surface area (Å²) in [4.78, 5) is 64.1. The van der Waals surface area contributed by atoms with Gasteiger partial charge in [0.1, 0.15) is 53.7 Å². The van der Waals surface area contributed by atoms with E-state index in [0.29, 0.717) is 70.9 Å². The molecular formula is C61H63F2N9O8. The molecule has 0 radical (unpaired) electrons. The molecule has 1 amide bonds. The molecule has 414 valence electrons. The molecule has 4 aliphatic rings. The summed E-state index contributed by atoms with van der Waals surface area (Å²) in [5.41, 5.74) is 3.76. The second kappa shape index (κ2) is 23.4. The Morgan fingerprint density at radius 1 is 0.975 bits per heavy atom. The van der Waals surface area contributed by atoms with E-state index in [2.05, 4.69) is 27.4 Å². The zero-order valence-corrected chi connectivity index (χ0v) is 45.7. The van der Waals surface area contributed by atoms with E-state index in [4.69, 9.17) is 35.9 Å². The van der Waals surface area contributed by atoms with Gasteiger partial charge in [-0.3, -0.25) is 24.3 Å². The third-order valence-electron chi connectivity index (χ3n) is 15.6. The minimum Gasteiger partial charge on any atom is -0.508 e. The Hall–Kier alpha value is -8.52. The standard InChI is InChI=1S/C57H54F2N8O8.C2H3N.C2H6/c1-6-37-40-24-36(11-13-46(40)61-50-43(37)27-67-47(50)25-39(32(4)69)44(55(67)72)28-73-30-68)75-33(5)31(3)54(71)65-20-18-64(19-21-65)53-42-26-60-51(41-23-35(70)22-34-10-12-45(58)38(7-2)48(34)41)49(59)52(42)62-56(63-53)74-29-57-14-8-16-66(57)17-9-15-57;1-2-3;1-2/h2,10-13,22-26,30,32-33,69-70H,3,6,8-9,14-21,27-29H2,1,4-5H3;1H3;1-2H3. The van der Waals surface area contributed by atoms with E-state index in [1.165, 1.54) is 37.4 Å². The summed E-state index contributed by atoms with van der Waals surface area (Å²) in [5, 5.41) is 30.4. The molecule has 7 aromatic rings. The number of ether oxygens (including phenoxy) is 3. The van der Waals surface area contributed by atoms with Crippen molar-refractivity contribution in [2.75, 3.05) is 50.8 Å². The van der Waals surface area contributed by atoms with Gasteiger partial charge in [-0.25, -0.2) is 13.8 Å². The molecule has 3 saturated heterocycles. The van der Waals surface area contributed by atoms with Crippen LogP contribution in [0.3, 0.4) is 0 Å². The third kappa shape index (κ3) is 10.2. The highest BCUT2D eigenvalue weighted by molar-refractivity contribution is 6.03. The largest absolute Gasteiger partial charge is 0.508 e. The monoisotopic (exact) mass is 1090 g/mol. The lowest BCUT2D eigenvalue weighted by Gasteiger charge is -2.36. The van der Waals surface area contributed by atoms with Gasteiger partial charge in [-0.05, 0) is 118 Å². The SMILES string of the molecule is C#Cc1c(F)ccc2cc(O)cc(-c3ncc4c(N5CCN(C(=O)C(=C)C(C)Oc6ccc7nc8c(c(CC)c7c6)Cn6c-8cc(C(C)O)c(COC=O)c6=O)CC5)nc(OCC56CCCN5CCC6)nc4c3F)c12.CC.CC#N. The fourth-order valence-electron chi connectivity index (χ4n) is 11.8. The quantitative estimate of drug-likeness (QED) is 0.0591. The number of terminal acetylenes is 1. The number of amides is 1. The van der Waals surface area contributed by atoms with E-state index in [1.807, 2.05) is 37.8 Å². The molecule has 3 aromatic carbocycles. The van der Waals surface area contributed by atoms with Crippen molar-refractivity contribution in [3.63, 3.8) is 0 Å². The number of aliphatic hydroxyl groups is 1. The molecule has 2 unspecified atom stereocenters. The van der Waals surface area contributed by atoms with Crippen LogP contribution in [0.2, 0.25) is 0 Å². The summed E-state index contributed by atoms with van der Waals surface area (Å²) in [7, 11) is 0. The number of aromatic hydroxyl groups is 1. The van der Waals surface area contributed by atoms with Crippen molar-refractivity contribution < 1.29 is 42.8 Å². The molecule has 3 fully saturated rings. The zero-order valence-electron chi connectivity index (χ0n) is 45.7. The van der Waals surface area contributed by atoms with Gasteiger partial charge in [0.25, 0.3) is 17.9 Å². The number of carbonyl (C=O) groups is 2. The van der Waals surface area contributed by atoms with Gasteiger partial charge in [0.2, 0.25) is 0 Å². The van der Waals surface area contributed by atoms with Gasteiger partial charge in [-0.2, -0.15) is 15.2 Å². The van der Waals surface area contributed by atoms with E-state index >= 15 is 8.78 Å². The molecule has 80 heavy (non-hydrogen) atoms. The number of rotatable bonds is 14. The number of anilines is 1. The summed E-state index contributed by atoms with van der Waals surface area (Å²) >= 11 is 0. The molecule has 0 saturated carbocycles. The predicted molar refractivity (Wildman–Crippen MR) is 300 cm³/mol. The molecule has 8 heterocycles. The first-order chi connectivity index (χ1) is 38.6. The van der Waals surface area contributed by atoms with Crippen LogP contribution in [0.4, 0.5) is 14.6 Å². The van der Waals surface area contributed by atoms with E-state index in [1.54, 1.807) is 41.5 Å². The second-order valence-electron chi connectivity index (χ2n) is 20.1. The molecule has 0 bridgehead atoms. The number of fused-ring (bicyclic) bond motifs is 7. The van der Waals surface area contributed by atoms with Crippen LogP contribution in [0.25, 0.3) is 55.2 Å². The Morgan fingerprint density at radius 3 is 2.38 bits per heavy atom. The normalized spacial score (nSPS) is 15.8. The van der Waals surface area contributed by atoms with Crippen LogP contribution in [0.5, 0.6) is 17.5 Å². The molecule has 17 nitrogen and oxygen atoms in total. The maximum Gasteiger partial charge on any atom is 0.319 e. The number of aliphatic hydroxyl groups excluding tert-OH is 1. The number of piperazine rings is 1. The van der Waals surface area contributed by atoms with Gasteiger partial charge >= 0.3 is 6.01 Å². The molecule has 0 aliphatic carbocycles. The van der Waals surface area contributed by atoms with Crippen LogP contribution < -0.4 is 19.9 Å². The lowest BCUT2D eigenvalue weighted by Crippen LogP contribution is -2.50. The average Bonchev–Trinajstić information content (AvgIpc) is 4.35. The van der Waals surface area contributed by atoms with Crippen LogP contribution in [-0.2, 0) is 33.9 Å². The molecule has 0 spiro atoms. The Kier molecular flexibility index (Phi) is 16.5. The summed E-state index contributed by atoms with van der Waals surface area (Å²) in [6.45, 7) is 18.7. The number of phenolic OH excluding ortho intramolecular Hbond substituents is 1. The van der Waals surface area contributed by atoms with E-state index in [0.717, 1.165) is 55.3 Å². The molecule has 19 heteroatoms. The lowest BCUT2D eigenvalue weighted by molar-refractivity contribution is -0.130. The van der Waals surface area contributed by atoms with Gasteiger partial charge in [0.05, 0.1) is 57.7 Å². The number of benzene rings is 3. The number of nitrogens with zero attached hydrogens (tertiary/aromatic N) is 9. The molecule has 4 aromatic heterocycles. The van der Waals surface area contributed by atoms with Crippen molar-refractivity contribution in [3.8, 4) is 58.6 Å². The molecule has 11 rings (SSSR count). The molecule has 2 atom stereocenters. The highest BCUT2D eigenvalue weighted by Crippen LogP contribution is 2.42. The first-order valence-corrected chi connectivity index (χ1v) is 27.0. The van der Waals surface area contributed by atoms with Gasteiger partial charge in [-0.15, -0.1) is 6.42 Å². The van der Waals surface area contributed by atoms with Crippen LogP contribution in [-0.4, -0.2) is 114 Å². The third-order valence-corrected chi connectivity index (χ3v) is 15.6. The Labute approximate surface area is 462 Å². The van der Waals surface area contributed by atoms with Crippen molar-refractivity contribution in [3.05, 3.63) is 117 Å². The molecule has 4 aliphatic heterocycles. The fourth-order valence-corrected chi connectivity index (χ4v) is 11.8. The Balaban J connectivity index is 0.00000150. The maximum atomic E-state index is 17.3. The number of aromatic nitrogens is 5. The predicted octanol–water partition coefficient (Wildman–Crippen LogP) is 9.07. The van der Waals surface area contributed by atoms with Crippen molar-refractivity contribution in [2.24, 2.45) is 0 Å². The summed E-state index contributed by atoms with van der Waals surface area (Å²) in [6.07, 6.45) is 10.2. The number of phenols is 1. The lowest BCUT2D eigenvalue weighted by atomic mass is 9.95. The van der Waals surface area contributed by atoms with Gasteiger partial charge < -0.3 is 38.8 Å². The molecular weight excluding hydrogens is 1020 g/mol. The highest BCUT2D eigenvalue weighted by Gasteiger charge is 2.45. The average molecular weight is 1090 g/mol. The van der Waals surface area contributed by atoms with Crippen molar-refractivity contribution >= 4 is 50.8 Å². The van der Waals surface area contributed by atoms with Crippen molar-refractivity contribution in [1.29, 1.82) is 5.26 Å². The number of pyridine rings is 3. The number of halogens is 2. The van der Waals surface area contributed by atoms with Crippen LogP contribution in [0.15, 0.2) is 71.7 Å². The molecule has 2 N–H and O–H groups in total. The van der Waals surface area contributed by atoms with Crippen molar-refractivity contribution in [1.82, 2.24) is 34.3 Å². The Bertz CT molecular complexity index is 3740. The second-order valence-corrected chi connectivity index (χ2v) is 20.1.